The molecule has 2 atom stereocenters. The fourth-order valence-corrected chi connectivity index (χ4v) is 9.00. The standard InChI is InChI=1S/C42H48N8O11S2/c1-8-49(15-14-45-61-28(6)51)31-12-13-35(25(3)18-31)46-41-37(43-7)36(42(52)60-38-26(4)16-24(2)17-27(38)5)40-47-39(48-50(40)41)29-10-9-11-30(19-29)44-23-59-32-20-33(62(53,54)55)22-34(21-32)63(56,57)58/h9-13,18-22,24,26-27,38,44-45H,8,14-17,23H2,1-6H3,(H,53,54,55)(H,56,57,58). The van der Waals surface area contributed by atoms with Gasteiger partial charge in [-0.05, 0) is 86.4 Å². The summed E-state index contributed by atoms with van der Waals surface area (Å²) in [6, 6.07) is 14.8. The van der Waals surface area contributed by atoms with E-state index in [-0.39, 0.29) is 59.2 Å². The first-order chi connectivity index (χ1) is 29.8. The molecule has 19 nitrogen and oxygen atoms in total. The molecule has 2 heterocycles. The van der Waals surface area contributed by atoms with Crippen LogP contribution < -0.4 is 20.4 Å². The van der Waals surface area contributed by atoms with Gasteiger partial charge in [-0.1, -0.05) is 32.9 Å². The molecule has 21 heteroatoms. The van der Waals surface area contributed by atoms with Crippen LogP contribution >= 0.6 is 0 Å². The number of aryl methyl sites for hydroxylation is 1. The molecule has 0 saturated heterocycles. The maximum absolute atomic E-state index is 14.3. The molecule has 1 fully saturated rings. The van der Waals surface area contributed by atoms with Crippen molar-refractivity contribution in [1.82, 2.24) is 20.2 Å². The van der Waals surface area contributed by atoms with Crippen molar-refractivity contribution < 1.29 is 49.8 Å². The zero-order valence-corrected chi connectivity index (χ0v) is 37.0. The molecule has 1 aliphatic heterocycles. The fourth-order valence-electron chi connectivity index (χ4n) is 7.84. The number of nitrogens with zero attached hydrogens (tertiary/aromatic N) is 6. The van der Waals surface area contributed by atoms with Gasteiger partial charge in [0.1, 0.15) is 17.4 Å². The summed E-state index contributed by atoms with van der Waals surface area (Å²) >= 11 is 0. The normalized spacial score (nSPS) is 19.3. The number of rotatable bonds is 16. The summed E-state index contributed by atoms with van der Waals surface area (Å²) in [6.45, 7) is 21.0. The monoisotopic (exact) mass is 904 g/mol. The molecule has 1 aliphatic carbocycles. The molecular formula is C42H48N8O11S2. The second-order valence-electron chi connectivity index (χ2n) is 15.5. The lowest BCUT2D eigenvalue weighted by Gasteiger charge is -2.37. The number of aromatic nitrogens is 3. The first-order valence-electron chi connectivity index (χ1n) is 20.0. The molecule has 334 valence electrons. The Bertz CT molecular complexity index is 2680. The van der Waals surface area contributed by atoms with Crippen LogP contribution in [-0.4, -0.2) is 90.9 Å². The predicted octanol–water partition coefficient (Wildman–Crippen LogP) is 5.93. The summed E-state index contributed by atoms with van der Waals surface area (Å²) in [4.78, 5) is 44.2. The average molecular weight is 905 g/mol. The Morgan fingerprint density at radius 1 is 1.00 bits per heavy atom. The number of anilines is 2. The molecule has 0 bridgehead atoms. The lowest BCUT2D eigenvalue weighted by Crippen LogP contribution is -2.37. The fraction of sp³-hybridized carbons (Fsp3) is 0.381. The van der Waals surface area contributed by atoms with Gasteiger partial charge in [0.05, 0.1) is 22.1 Å². The van der Waals surface area contributed by atoms with Gasteiger partial charge in [0.25, 0.3) is 20.2 Å². The van der Waals surface area contributed by atoms with Crippen LogP contribution in [0.1, 0.15) is 58.8 Å². The van der Waals surface area contributed by atoms with E-state index in [0.29, 0.717) is 48.6 Å². The van der Waals surface area contributed by atoms with Crippen molar-refractivity contribution in [2.45, 2.75) is 70.3 Å². The third kappa shape index (κ3) is 10.9. The number of hydrogen-bond acceptors (Lipinski definition) is 15. The van der Waals surface area contributed by atoms with E-state index >= 15 is 0 Å². The Hall–Kier alpha value is -6.18. The zero-order chi connectivity index (χ0) is 45.8. The number of hydrogen-bond donors (Lipinski definition) is 4. The van der Waals surface area contributed by atoms with Crippen LogP contribution in [0.25, 0.3) is 21.8 Å². The second-order valence-corrected chi connectivity index (χ2v) is 18.4. The highest BCUT2D eigenvalue weighted by Crippen LogP contribution is 2.39. The van der Waals surface area contributed by atoms with Gasteiger partial charge in [-0.2, -0.15) is 22.3 Å². The molecule has 1 saturated carbocycles. The van der Waals surface area contributed by atoms with Crippen LogP contribution in [0, 0.1) is 31.2 Å². The Labute approximate surface area is 365 Å². The van der Waals surface area contributed by atoms with E-state index in [9.17, 15) is 35.5 Å². The van der Waals surface area contributed by atoms with Gasteiger partial charge in [-0.25, -0.2) is 24.3 Å². The van der Waals surface area contributed by atoms with Gasteiger partial charge in [0.15, 0.2) is 24.2 Å². The molecule has 63 heavy (non-hydrogen) atoms. The number of nitrogens with one attached hydrogen (secondary N) is 2. The summed E-state index contributed by atoms with van der Waals surface area (Å²) in [7, 11) is -9.70. The van der Waals surface area contributed by atoms with E-state index in [1.54, 1.807) is 24.3 Å². The summed E-state index contributed by atoms with van der Waals surface area (Å²) in [6.07, 6.45) is 1.39. The summed E-state index contributed by atoms with van der Waals surface area (Å²) in [5.41, 5.74) is 5.64. The zero-order valence-electron chi connectivity index (χ0n) is 35.4. The number of aliphatic imine (C=N–C) groups is 1. The summed E-state index contributed by atoms with van der Waals surface area (Å²) in [5.74, 6) is -0.449. The van der Waals surface area contributed by atoms with Crippen molar-refractivity contribution in [3.05, 3.63) is 89.2 Å². The quantitative estimate of drug-likeness (QED) is 0.0254. The number of esters is 1. The molecule has 4 N–H and O–H groups in total. The van der Waals surface area contributed by atoms with Crippen molar-refractivity contribution >= 4 is 60.6 Å². The van der Waals surface area contributed by atoms with Crippen molar-refractivity contribution in [1.29, 1.82) is 0 Å². The number of likely N-dealkylation sites (N-methyl/N-ethyl adjacent to an activating group) is 1. The minimum Gasteiger partial charge on any atom is -0.473 e. The maximum Gasteiger partial charge on any atom is 0.331 e. The van der Waals surface area contributed by atoms with Crippen molar-refractivity contribution in [3.8, 4) is 17.1 Å². The lowest BCUT2D eigenvalue weighted by molar-refractivity contribution is -0.150. The van der Waals surface area contributed by atoms with E-state index in [0.717, 1.165) is 36.2 Å². The number of ether oxygens (including phenoxy) is 2. The van der Waals surface area contributed by atoms with Crippen LogP contribution in [0.4, 0.5) is 17.1 Å². The van der Waals surface area contributed by atoms with E-state index in [1.807, 2.05) is 32.0 Å². The van der Waals surface area contributed by atoms with Gasteiger partial charge in [-0.15, -0.1) is 5.10 Å². The molecule has 0 radical (unpaired) electrons. The molecule has 0 spiro atoms. The first-order valence-corrected chi connectivity index (χ1v) is 22.9. The molecule has 0 amide bonds. The SMILES string of the molecule is [C-]#[N+]C1=C(C(=O)OC2C(C)CC(C)CC2C)c2nc(-c3cccc(NCOc4cc(S(=O)(=O)O)cc(S(=O)(=O)O)c4)c3)nn2C1=Nc1ccc(N(CC)CCNOC(C)=O)cc1C. The smallest absolute Gasteiger partial charge is 0.331 e. The van der Waals surface area contributed by atoms with Crippen LogP contribution in [0.2, 0.25) is 0 Å². The topological polar surface area (TPSA) is 245 Å². The van der Waals surface area contributed by atoms with E-state index in [1.165, 1.54) is 11.6 Å². The van der Waals surface area contributed by atoms with Crippen LogP contribution in [0.5, 0.6) is 5.75 Å². The molecule has 2 unspecified atom stereocenters. The third-order valence-electron chi connectivity index (χ3n) is 10.6. The minimum absolute atomic E-state index is 0.0636. The average Bonchev–Trinajstić information content (AvgIpc) is 3.76. The number of carbonyl (C=O) groups excluding carboxylic acids is 2. The van der Waals surface area contributed by atoms with Gasteiger partial charge in [0.2, 0.25) is 5.70 Å². The van der Waals surface area contributed by atoms with Gasteiger partial charge < -0.3 is 24.5 Å². The van der Waals surface area contributed by atoms with Gasteiger partial charge in [0, 0.05) is 55.6 Å². The Morgan fingerprint density at radius 3 is 2.29 bits per heavy atom. The van der Waals surface area contributed by atoms with E-state index in [4.69, 9.17) is 36.0 Å². The number of fused-ring (bicyclic) bond motifs is 1. The van der Waals surface area contributed by atoms with E-state index < -0.39 is 42.0 Å². The van der Waals surface area contributed by atoms with Crippen molar-refractivity contribution in [3.63, 3.8) is 0 Å². The molecule has 3 aromatic carbocycles. The van der Waals surface area contributed by atoms with Crippen molar-refractivity contribution in [2.24, 2.45) is 22.7 Å². The molecule has 2 aliphatic rings. The first kappa shape index (κ1) is 46.3. The number of carbonyl (C=O) groups is 2. The number of benzene rings is 3. The Kier molecular flexibility index (Phi) is 14.0. The predicted molar refractivity (Wildman–Crippen MR) is 232 cm³/mol. The number of hydroxylamine groups is 1. The highest BCUT2D eigenvalue weighted by molar-refractivity contribution is 7.86. The lowest BCUT2D eigenvalue weighted by atomic mass is 9.75. The molecule has 6 rings (SSSR count). The Balaban J connectivity index is 1.32. The summed E-state index contributed by atoms with van der Waals surface area (Å²) < 4.78 is 79.1. The van der Waals surface area contributed by atoms with Gasteiger partial charge >= 0.3 is 11.9 Å². The van der Waals surface area contributed by atoms with Crippen LogP contribution in [0.3, 0.4) is 0 Å². The molecular weight excluding hydrogens is 857 g/mol. The highest BCUT2D eigenvalue weighted by Gasteiger charge is 2.41. The van der Waals surface area contributed by atoms with Crippen LogP contribution in [0.15, 0.2) is 81.1 Å². The largest absolute Gasteiger partial charge is 0.473 e. The van der Waals surface area contributed by atoms with Gasteiger partial charge in [-0.3, -0.25) is 13.9 Å². The third-order valence-corrected chi connectivity index (χ3v) is 12.3. The molecule has 4 aromatic rings. The van der Waals surface area contributed by atoms with E-state index in [2.05, 4.69) is 41.3 Å². The number of allylic oxidation sites excluding steroid dienone is 1. The minimum atomic E-state index is -4.85. The Morgan fingerprint density at radius 2 is 1.68 bits per heavy atom. The molecule has 1 aromatic heterocycles. The van der Waals surface area contributed by atoms with Crippen molar-refractivity contribution in [2.75, 3.05) is 36.6 Å². The second kappa shape index (κ2) is 19.1. The summed E-state index contributed by atoms with van der Waals surface area (Å²) in [5, 5.41) is 7.71. The highest BCUT2D eigenvalue weighted by atomic mass is 32.2. The maximum atomic E-state index is 14.3. The van der Waals surface area contributed by atoms with Crippen LogP contribution in [-0.2, 0) is 39.4 Å².